The molecular weight excluding hydrogens is 347 g/mol. The first-order chi connectivity index (χ1) is 8.70. The molecular formula is C13H17IO4. The van der Waals surface area contributed by atoms with Crippen LogP contribution < -0.4 is 0 Å². The highest BCUT2D eigenvalue weighted by Crippen LogP contribution is 2.54. The van der Waals surface area contributed by atoms with Gasteiger partial charge in [0.15, 0.2) is 5.79 Å². The van der Waals surface area contributed by atoms with Gasteiger partial charge >= 0.3 is 5.97 Å². The summed E-state index contributed by atoms with van der Waals surface area (Å²) < 4.78 is 18.1. The number of ether oxygens (including phenoxy) is 3. The minimum absolute atomic E-state index is 0.0111. The van der Waals surface area contributed by atoms with Gasteiger partial charge in [0.05, 0.1) is 19.6 Å². The summed E-state index contributed by atoms with van der Waals surface area (Å²) in [5.41, 5.74) is -0.233. The van der Waals surface area contributed by atoms with Gasteiger partial charge in [-0.15, -0.1) is 0 Å². The molecule has 5 heteroatoms. The standard InChI is InChI=1S/C13H17IO4/c14-9-10-7-12(8-11(15)18-10)3-1-2-4-13(12)16-5-6-17-13/h1-2,10H,3-9H2/t10-,12+/m0/s1. The second-order valence-corrected chi connectivity index (χ2v) is 6.14. The predicted octanol–water partition coefficient (Wildman–Crippen LogP) is 2.21. The molecule has 2 aliphatic heterocycles. The summed E-state index contributed by atoms with van der Waals surface area (Å²) >= 11 is 2.27. The minimum atomic E-state index is -0.592. The monoisotopic (exact) mass is 364 g/mol. The second-order valence-electron chi connectivity index (χ2n) is 5.26. The van der Waals surface area contributed by atoms with Crippen molar-refractivity contribution in [3.8, 4) is 0 Å². The summed E-state index contributed by atoms with van der Waals surface area (Å²) in [7, 11) is 0. The molecule has 0 amide bonds. The van der Waals surface area contributed by atoms with Crippen LogP contribution in [-0.4, -0.2) is 35.5 Å². The molecule has 0 aromatic carbocycles. The van der Waals surface area contributed by atoms with Crippen molar-refractivity contribution in [2.24, 2.45) is 5.41 Å². The number of carbonyl (C=O) groups is 1. The Bertz CT molecular complexity index is 375. The molecule has 3 rings (SSSR count). The Morgan fingerprint density at radius 1 is 1.28 bits per heavy atom. The molecule has 3 aliphatic rings. The van der Waals surface area contributed by atoms with E-state index in [1.807, 2.05) is 0 Å². The molecule has 0 aromatic rings. The van der Waals surface area contributed by atoms with E-state index in [0.717, 1.165) is 23.7 Å². The van der Waals surface area contributed by atoms with Gasteiger partial charge < -0.3 is 14.2 Å². The van der Waals surface area contributed by atoms with Crippen molar-refractivity contribution in [1.82, 2.24) is 0 Å². The van der Waals surface area contributed by atoms with Crippen LogP contribution >= 0.6 is 22.6 Å². The maximum Gasteiger partial charge on any atom is 0.306 e. The molecule has 2 atom stereocenters. The topological polar surface area (TPSA) is 44.8 Å². The maximum absolute atomic E-state index is 11.9. The molecule has 0 radical (unpaired) electrons. The zero-order chi connectivity index (χ0) is 12.6. The third-order valence-electron chi connectivity index (χ3n) is 4.19. The Hall–Kier alpha value is -0.140. The van der Waals surface area contributed by atoms with E-state index in [-0.39, 0.29) is 17.5 Å². The smallest absolute Gasteiger partial charge is 0.306 e. The van der Waals surface area contributed by atoms with Gasteiger partial charge in [0.1, 0.15) is 6.10 Å². The Morgan fingerprint density at radius 3 is 2.72 bits per heavy atom. The molecule has 0 bridgehead atoms. The van der Waals surface area contributed by atoms with Gasteiger partial charge in [0.25, 0.3) is 0 Å². The Kier molecular flexibility index (Phi) is 3.40. The number of rotatable bonds is 1. The van der Waals surface area contributed by atoms with Gasteiger partial charge in [-0.25, -0.2) is 0 Å². The van der Waals surface area contributed by atoms with Crippen molar-refractivity contribution in [3.63, 3.8) is 0 Å². The Morgan fingerprint density at radius 2 is 2.00 bits per heavy atom. The van der Waals surface area contributed by atoms with Gasteiger partial charge in [-0.1, -0.05) is 34.7 Å². The van der Waals surface area contributed by atoms with Crippen molar-refractivity contribution in [1.29, 1.82) is 0 Å². The highest BCUT2D eigenvalue weighted by atomic mass is 127. The van der Waals surface area contributed by atoms with Crippen LogP contribution in [0, 0.1) is 5.41 Å². The van der Waals surface area contributed by atoms with Crippen molar-refractivity contribution in [3.05, 3.63) is 12.2 Å². The number of hydrogen-bond acceptors (Lipinski definition) is 4. The number of halogens is 1. The fourth-order valence-corrected chi connectivity index (χ4v) is 3.87. The Labute approximate surface area is 120 Å². The molecule has 0 aromatic heterocycles. The van der Waals surface area contributed by atoms with Crippen molar-refractivity contribution in [2.45, 2.75) is 37.6 Å². The highest BCUT2D eigenvalue weighted by Gasteiger charge is 2.59. The number of cyclic esters (lactones) is 1. The normalized spacial score (nSPS) is 38.3. The van der Waals surface area contributed by atoms with E-state index in [1.165, 1.54) is 0 Å². The van der Waals surface area contributed by atoms with E-state index >= 15 is 0 Å². The van der Waals surface area contributed by atoms with Crippen LogP contribution in [0.5, 0.6) is 0 Å². The molecule has 0 N–H and O–H groups in total. The molecule has 2 fully saturated rings. The van der Waals surface area contributed by atoms with E-state index in [2.05, 4.69) is 34.7 Å². The number of hydrogen-bond donors (Lipinski definition) is 0. The summed E-state index contributed by atoms with van der Waals surface area (Å²) in [6, 6.07) is 0. The van der Waals surface area contributed by atoms with Gasteiger partial charge in [0.2, 0.25) is 0 Å². The first kappa shape index (κ1) is 12.9. The highest BCUT2D eigenvalue weighted by molar-refractivity contribution is 14.1. The second kappa shape index (κ2) is 4.76. The molecule has 100 valence electrons. The average Bonchev–Trinajstić information content (AvgIpc) is 2.83. The van der Waals surface area contributed by atoms with Gasteiger partial charge in [-0.05, 0) is 12.8 Å². The maximum atomic E-state index is 11.9. The summed E-state index contributed by atoms with van der Waals surface area (Å²) in [4.78, 5) is 11.9. The van der Waals surface area contributed by atoms with E-state index in [0.29, 0.717) is 19.6 Å². The summed E-state index contributed by atoms with van der Waals surface area (Å²) in [6.07, 6.45) is 7.08. The van der Waals surface area contributed by atoms with Crippen molar-refractivity contribution >= 4 is 28.6 Å². The lowest BCUT2D eigenvalue weighted by Crippen LogP contribution is -2.56. The van der Waals surface area contributed by atoms with Crippen molar-refractivity contribution in [2.75, 3.05) is 17.6 Å². The average molecular weight is 364 g/mol. The fourth-order valence-electron chi connectivity index (χ4n) is 3.38. The summed E-state index contributed by atoms with van der Waals surface area (Å²) in [5, 5.41) is 0. The summed E-state index contributed by atoms with van der Waals surface area (Å²) in [6.45, 7) is 1.25. The fraction of sp³-hybridized carbons (Fsp3) is 0.769. The van der Waals surface area contributed by atoms with Crippen LogP contribution in [0.2, 0.25) is 0 Å². The van der Waals surface area contributed by atoms with Crippen LogP contribution in [0.3, 0.4) is 0 Å². The molecule has 0 unspecified atom stereocenters. The number of esters is 1. The quantitative estimate of drug-likeness (QED) is 0.310. The predicted molar refractivity (Wildman–Crippen MR) is 73.4 cm³/mol. The van der Waals surface area contributed by atoms with Crippen LogP contribution in [0.1, 0.15) is 25.7 Å². The first-order valence-electron chi connectivity index (χ1n) is 6.38. The SMILES string of the molecule is O=C1C[C@@]2(CC=CCC23OCCO3)C[C@@H](CI)O1. The van der Waals surface area contributed by atoms with Gasteiger partial charge in [-0.3, -0.25) is 4.79 Å². The molecule has 2 heterocycles. The molecule has 2 saturated heterocycles. The summed E-state index contributed by atoms with van der Waals surface area (Å²) in [5.74, 6) is -0.706. The van der Waals surface area contributed by atoms with Crippen LogP contribution in [0.4, 0.5) is 0 Å². The van der Waals surface area contributed by atoms with Crippen LogP contribution in [0.15, 0.2) is 12.2 Å². The number of allylic oxidation sites excluding steroid dienone is 1. The molecule has 0 saturated carbocycles. The molecule has 2 spiro atoms. The lowest BCUT2D eigenvalue weighted by Gasteiger charge is -2.50. The molecule has 1 aliphatic carbocycles. The van der Waals surface area contributed by atoms with E-state index in [4.69, 9.17) is 14.2 Å². The third kappa shape index (κ3) is 1.91. The third-order valence-corrected chi connectivity index (χ3v) is 5.18. The van der Waals surface area contributed by atoms with Crippen LogP contribution in [0.25, 0.3) is 0 Å². The van der Waals surface area contributed by atoms with Crippen LogP contribution in [-0.2, 0) is 19.0 Å². The first-order valence-corrected chi connectivity index (χ1v) is 7.91. The van der Waals surface area contributed by atoms with E-state index in [9.17, 15) is 4.79 Å². The van der Waals surface area contributed by atoms with Gasteiger partial charge in [-0.2, -0.15) is 0 Å². The van der Waals surface area contributed by atoms with E-state index in [1.54, 1.807) is 0 Å². The number of fused-ring (bicyclic) bond motifs is 1. The van der Waals surface area contributed by atoms with E-state index < -0.39 is 5.79 Å². The lowest BCUT2D eigenvalue weighted by molar-refractivity contribution is -0.259. The minimum Gasteiger partial charge on any atom is -0.462 e. The largest absolute Gasteiger partial charge is 0.462 e. The number of carbonyl (C=O) groups excluding carboxylic acids is 1. The lowest BCUT2D eigenvalue weighted by atomic mass is 9.65. The Balaban J connectivity index is 1.94. The number of alkyl halides is 1. The zero-order valence-corrected chi connectivity index (χ0v) is 12.4. The van der Waals surface area contributed by atoms with Crippen molar-refractivity contribution < 1.29 is 19.0 Å². The zero-order valence-electron chi connectivity index (χ0n) is 10.2. The van der Waals surface area contributed by atoms with Gasteiger partial charge in [0, 0.05) is 16.3 Å². The molecule has 4 nitrogen and oxygen atoms in total. The molecule has 18 heavy (non-hydrogen) atoms.